The molecular formula is C20H27N3O4. The zero-order valence-corrected chi connectivity index (χ0v) is 15.9. The van der Waals surface area contributed by atoms with Crippen LogP contribution in [0.3, 0.4) is 0 Å². The Hall–Kier alpha value is -2.57. The van der Waals surface area contributed by atoms with E-state index in [0.717, 1.165) is 12.1 Å². The molecular weight excluding hydrogens is 346 g/mol. The van der Waals surface area contributed by atoms with Gasteiger partial charge in [-0.2, -0.15) is 0 Å². The first-order valence-corrected chi connectivity index (χ1v) is 9.54. The molecule has 0 radical (unpaired) electrons. The van der Waals surface area contributed by atoms with Crippen molar-refractivity contribution in [2.45, 2.75) is 38.6 Å². The molecule has 2 heterocycles. The minimum absolute atomic E-state index is 0.0140. The first-order chi connectivity index (χ1) is 13.0. The van der Waals surface area contributed by atoms with Crippen LogP contribution in [0.5, 0.6) is 0 Å². The van der Waals surface area contributed by atoms with E-state index in [4.69, 9.17) is 4.74 Å². The van der Waals surface area contributed by atoms with Crippen LogP contribution < -0.4 is 10.2 Å². The van der Waals surface area contributed by atoms with E-state index in [1.54, 1.807) is 9.80 Å². The number of rotatable bonds is 4. The smallest absolute Gasteiger partial charge is 0.409 e. The number of carbonyl (C=O) groups is 3. The lowest BCUT2D eigenvalue weighted by Gasteiger charge is -2.31. The fourth-order valence-corrected chi connectivity index (χ4v) is 3.70. The number of methoxy groups -OCH3 is 1. The van der Waals surface area contributed by atoms with Gasteiger partial charge in [-0.15, -0.1) is 0 Å². The summed E-state index contributed by atoms with van der Waals surface area (Å²) in [6.07, 6.45) is 2.26. The number of hydrogen-bond acceptors (Lipinski definition) is 4. The Morgan fingerprint density at radius 2 is 1.85 bits per heavy atom. The Morgan fingerprint density at radius 3 is 2.44 bits per heavy atom. The van der Waals surface area contributed by atoms with Crippen LogP contribution in [0.2, 0.25) is 0 Å². The van der Waals surface area contributed by atoms with Gasteiger partial charge in [0, 0.05) is 37.8 Å². The standard InChI is InChI=1S/C20H27N3O4/c1-3-14-4-6-17(7-5-14)23-13-15(12-18(23)24)19(25)21-16-8-10-22(11-9-16)20(26)27-2/h4-7,15-16H,3,8-13H2,1-2H3,(H,21,25). The quantitative estimate of drug-likeness (QED) is 0.875. The molecule has 3 rings (SSSR count). The molecule has 1 aromatic carbocycles. The van der Waals surface area contributed by atoms with E-state index in [0.29, 0.717) is 32.5 Å². The van der Waals surface area contributed by atoms with Crippen LogP contribution in [-0.4, -0.2) is 55.6 Å². The molecule has 1 unspecified atom stereocenters. The van der Waals surface area contributed by atoms with Crippen molar-refractivity contribution >= 4 is 23.6 Å². The number of hydrogen-bond donors (Lipinski definition) is 1. The number of ether oxygens (including phenoxy) is 1. The lowest BCUT2D eigenvalue weighted by Crippen LogP contribution is -2.48. The van der Waals surface area contributed by atoms with Crippen molar-refractivity contribution in [1.82, 2.24) is 10.2 Å². The fourth-order valence-electron chi connectivity index (χ4n) is 3.70. The van der Waals surface area contributed by atoms with E-state index >= 15 is 0 Å². The summed E-state index contributed by atoms with van der Waals surface area (Å²) < 4.78 is 4.72. The number of aryl methyl sites for hydroxylation is 1. The van der Waals surface area contributed by atoms with Crippen molar-refractivity contribution in [2.75, 3.05) is 31.6 Å². The summed E-state index contributed by atoms with van der Waals surface area (Å²) in [5, 5.41) is 3.05. The molecule has 0 aromatic heterocycles. The molecule has 7 nitrogen and oxygen atoms in total. The summed E-state index contributed by atoms with van der Waals surface area (Å²) in [6, 6.07) is 7.96. The number of nitrogens with zero attached hydrogens (tertiary/aromatic N) is 2. The maximum absolute atomic E-state index is 12.6. The minimum atomic E-state index is -0.331. The van der Waals surface area contributed by atoms with E-state index in [1.165, 1.54) is 12.7 Å². The highest BCUT2D eigenvalue weighted by Gasteiger charge is 2.36. The van der Waals surface area contributed by atoms with Crippen LogP contribution in [0, 0.1) is 5.92 Å². The first-order valence-electron chi connectivity index (χ1n) is 9.54. The normalized spacial score (nSPS) is 20.7. The van der Waals surface area contributed by atoms with Crippen LogP contribution in [-0.2, 0) is 20.7 Å². The van der Waals surface area contributed by atoms with Crippen molar-refractivity contribution in [3.8, 4) is 0 Å². The minimum Gasteiger partial charge on any atom is -0.453 e. The predicted octanol–water partition coefficient (Wildman–Crippen LogP) is 1.95. The van der Waals surface area contributed by atoms with Crippen LogP contribution >= 0.6 is 0 Å². The van der Waals surface area contributed by atoms with Crippen LogP contribution in [0.15, 0.2) is 24.3 Å². The highest BCUT2D eigenvalue weighted by atomic mass is 16.5. The molecule has 146 valence electrons. The molecule has 0 spiro atoms. The van der Waals surface area contributed by atoms with Gasteiger partial charge in [0.05, 0.1) is 13.0 Å². The van der Waals surface area contributed by atoms with E-state index < -0.39 is 0 Å². The van der Waals surface area contributed by atoms with Gasteiger partial charge in [-0.1, -0.05) is 19.1 Å². The molecule has 1 atom stereocenters. The molecule has 1 aromatic rings. The van der Waals surface area contributed by atoms with Gasteiger partial charge in [-0.3, -0.25) is 9.59 Å². The summed E-state index contributed by atoms with van der Waals surface area (Å²) in [5.74, 6) is -0.422. The zero-order chi connectivity index (χ0) is 19.4. The van der Waals surface area contributed by atoms with E-state index in [9.17, 15) is 14.4 Å². The Labute approximate surface area is 159 Å². The topological polar surface area (TPSA) is 79.0 Å². The van der Waals surface area contributed by atoms with Crippen molar-refractivity contribution in [1.29, 1.82) is 0 Å². The van der Waals surface area contributed by atoms with E-state index in [1.807, 2.05) is 24.3 Å². The molecule has 2 aliphatic rings. The molecule has 2 saturated heterocycles. The van der Waals surface area contributed by atoms with E-state index in [2.05, 4.69) is 12.2 Å². The monoisotopic (exact) mass is 373 g/mol. The van der Waals surface area contributed by atoms with Gasteiger partial charge >= 0.3 is 6.09 Å². The number of amides is 3. The van der Waals surface area contributed by atoms with Crippen molar-refractivity contribution in [3.05, 3.63) is 29.8 Å². The van der Waals surface area contributed by atoms with E-state index in [-0.39, 0.29) is 36.3 Å². The number of nitrogens with one attached hydrogen (secondary N) is 1. The fraction of sp³-hybridized carbons (Fsp3) is 0.550. The largest absolute Gasteiger partial charge is 0.453 e. The van der Waals surface area contributed by atoms with Gasteiger partial charge in [0.2, 0.25) is 11.8 Å². The average molecular weight is 373 g/mol. The molecule has 2 aliphatic heterocycles. The SMILES string of the molecule is CCc1ccc(N2CC(C(=O)NC3CCN(C(=O)OC)CC3)CC2=O)cc1. The van der Waals surface area contributed by atoms with Crippen molar-refractivity contribution in [2.24, 2.45) is 5.92 Å². The van der Waals surface area contributed by atoms with Gasteiger partial charge in [-0.05, 0) is 37.0 Å². The molecule has 0 bridgehead atoms. The number of piperidine rings is 1. The second-order valence-corrected chi connectivity index (χ2v) is 7.17. The number of carbonyl (C=O) groups excluding carboxylic acids is 3. The summed E-state index contributed by atoms with van der Waals surface area (Å²) in [6.45, 7) is 3.64. The molecule has 3 amide bonds. The van der Waals surface area contributed by atoms with Gasteiger partial charge in [0.25, 0.3) is 0 Å². The lowest BCUT2D eigenvalue weighted by molar-refractivity contribution is -0.127. The van der Waals surface area contributed by atoms with Gasteiger partial charge in [-0.25, -0.2) is 4.79 Å². The van der Waals surface area contributed by atoms with Gasteiger partial charge < -0.3 is 19.9 Å². The number of benzene rings is 1. The highest BCUT2D eigenvalue weighted by Crippen LogP contribution is 2.26. The average Bonchev–Trinajstić information content (AvgIpc) is 3.10. The van der Waals surface area contributed by atoms with Crippen molar-refractivity contribution < 1.29 is 19.1 Å². The number of anilines is 1. The molecule has 2 fully saturated rings. The third kappa shape index (κ3) is 4.40. The Bertz CT molecular complexity index is 696. The summed E-state index contributed by atoms with van der Waals surface area (Å²) in [5.41, 5.74) is 2.07. The highest BCUT2D eigenvalue weighted by molar-refractivity contribution is 6.00. The Balaban J connectivity index is 1.52. The third-order valence-electron chi connectivity index (χ3n) is 5.43. The predicted molar refractivity (Wildman–Crippen MR) is 101 cm³/mol. The molecule has 1 N–H and O–H groups in total. The van der Waals surface area contributed by atoms with Gasteiger partial charge in [0.15, 0.2) is 0 Å². The molecule has 0 aliphatic carbocycles. The second kappa shape index (κ2) is 8.41. The Kier molecular flexibility index (Phi) is 5.98. The molecule has 27 heavy (non-hydrogen) atoms. The van der Waals surface area contributed by atoms with Gasteiger partial charge in [0.1, 0.15) is 0 Å². The summed E-state index contributed by atoms with van der Waals surface area (Å²) >= 11 is 0. The Morgan fingerprint density at radius 1 is 1.19 bits per heavy atom. The van der Waals surface area contributed by atoms with Crippen LogP contribution in [0.1, 0.15) is 31.7 Å². The van der Waals surface area contributed by atoms with Crippen LogP contribution in [0.25, 0.3) is 0 Å². The second-order valence-electron chi connectivity index (χ2n) is 7.17. The van der Waals surface area contributed by atoms with Crippen molar-refractivity contribution in [3.63, 3.8) is 0 Å². The molecule has 0 saturated carbocycles. The molecule has 7 heteroatoms. The maximum atomic E-state index is 12.6. The summed E-state index contributed by atoms with van der Waals surface area (Å²) in [4.78, 5) is 39.9. The van der Waals surface area contributed by atoms with Crippen LogP contribution in [0.4, 0.5) is 10.5 Å². The third-order valence-corrected chi connectivity index (χ3v) is 5.43. The maximum Gasteiger partial charge on any atom is 0.409 e. The first kappa shape index (κ1) is 19.2. The lowest BCUT2D eigenvalue weighted by atomic mass is 10.0. The zero-order valence-electron chi connectivity index (χ0n) is 15.9. The summed E-state index contributed by atoms with van der Waals surface area (Å²) in [7, 11) is 1.37. The number of likely N-dealkylation sites (tertiary alicyclic amines) is 1.